The van der Waals surface area contributed by atoms with E-state index in [4.69, 9.17) is 0 Å². The van der Waals surface area contributed by atoms with E-state index in [2.05, 4.69) is 10.6 Å². The van der Waals surface area contributed by atoms with E-state index in [9.17, 15) is 19.2 Å². The maximum absolute atomic E-state index is 12.6. The van der Waals surface area contributed by atoms with Gasteiger partial charge in [0.15, 0.2) is 0 Å². The normalized spacial score (nSPS) is 20.9. The maximum atomic E-state index is 12.6. The second kappa shape index (κ2) is 7.26. The van der Waals surface area contributed by atoms with Crippen LogP contribution in [0.15, 0.2) is 24.3 Å². The van der Waals surface area contributed by atoms with Crippen molar-refractivity contribution in [3.8, 4) is 0 Å². The average Bonchev–Trinajstić information content (AvgIpc) is 3.37. The highest BCUT2D eigenvalue weighted by molar-refractivity contribution is 6.07. The van der Waals surface area contributed by atoms with Crippen LogP contribution in [0.2, 0.25) is 0 Å². The summed E-state index contributed by atoms with van der Waals surface area (Å²) in [5.74, 6) is -0.356. The molecule has 28 heavy (non-hydrogen) atoms. The van der Waals surface area contributed by atoms with Gasteiger partial charge in [0.2, 0.25) is 11.8 Å². The van der Waals surface area contributed by atoms with Gasteiger partial charge in [-0.25, -0.2) is 4.79 Å². The quantitative estimate of drug-likeness (QED) is 0.759. The Balaban J connectivity index is 1.30. The number of imide groups is 1. The molecular formula is C20H24N4O4. The largest absolute Gasteiger partial charge is 0.326 e. The molecule has 148 valence electrons. The van der Waals surface area contributed by atoms with Gasteiger partial charge in [-0.1, -0.05) is 12.8 Å². The standard InChI is InChI=1S/C20H24N4O4/c25-16(9-13-24-18(27)20(22-19(24)28)10-1-2-11-20)21-14-5-7-15(8-6-14)23-12-3-4-17(23)26/h5-8H,1-4,9-13H2,(H,21,25)(H,22,28). The Morgan fingerprint density at radius 1 is 1.07 bits per heavy atom. The predicted molar refractivity (Wildman–Crippen MR) is 103 cm³/mol. The van der Waals surface area contributed by atoms with Gasteiger partial charge < -0.3 is 15.5 Å². The molecule has 8 nitrogen and oxygen atoms in total. The molecule has 2 aliphatic heterocycles. The van der Waals surface area contributed by atoms with E-state index in [0.29, 0.717) is 24.9 Å². The highest BCUT2D eigenvalue weighted by Crippen LogP contribution is 2.35. The molecule has 2 N–H and O–H groups in total. The molecule has 3 fully saturated rings. The molecule has 0 atom stereocenters. The molecule has 0 bridgehead atoms. The summed E-state index contributed by atoms with van der Waals surface area (Å²) in [4.78, 5) is 51.6. The number of rotatable bonds is 5. The van der Waals surface area contributed by atoms with Crippen LogP contribution in [0.25, 0.3) is 0 Å². The molecule has 0 radical (unpaired) electrons. The van der Waals surface area contributed by atoms with E-state index >= 15 is 0 Å². The van der Waals surface area contributed by atoms with Gasteiger partial charge in [0, 0.05) is 37.3 Å². The molecule has 8 heteroatoms. The fourth-order valence-corrected chi connectivity index (χ4v) is 4.28. The van der Waals surface area contributed by atoms with Crippen LogP contribution in [0.1, 0.15) is 44.9 Å². The van der Waals surface area contributed by atoms with Crippen LogP contribution >= 0.6 is 0 Å². The third-order valence-electron chi connectivity index (χ3n) is 5.80. The van der Waals surface area contributed by atoms with E-state index in [0.717, 1.165) is 36.4 Å². The van der Waals surface area contributed by atoms with Crippen LogP contribution in [-0.4, -0.2) is 47.3 Å². The number of amides is 5. The number of benzene rings is 1. The van der Waals surface area contributed by atoms with Crippen molar-refractivity contribution < 1.29 is 19.2 Å². The lowest BCUT2D eigenvalue weighted by Gasteiger charge is -2.20. The summed E-state index contributed by atoms with van der Waals surface area (Å²) in [5.41, 5.74) is 0.697. The number of anilines is 2. The van der Waals surface area contributed by atoms with Crippen LogP contribution in [-0.2, 0) is 14.4 Å². The fourth-order valence-electron chi connectivity index (χ4n) is 4.28. The second-order valence-corrected chi connectivity index (χ2v) is 7.67. The lowest BCUT2D eigenvalue weighted by atomic mass is 9.98. The van der Waals surface area contributed by atoms with Gasteiger partial charge in [0.25, 0.3) is 5.91 Å². The SMILES string of the molecule is O=C(CCN1C(=O)NC2(CCCC2)C1=O)Nc1ccc(N2CCCC2=O)cc1. The van der Waals surface area contributed by atoms with Gasteiger partial charge in [0.1, 0.15) is 5.54 Å². The summed E-state index contributed by atoms with van der Waals surface area (Å²) in [6, 6.07) is 6.71. The molecule has 0 unspecified atom stereocenters. The summed E-state index contributed by atoms with van der Waals surface area (Å²) in [7, 11) is 0. The molecule has 5 amide bonds. The molecule has 1 aromatic carbocycles. The summed E-state index contributed by atoms with van der Waals surface area (Å²) in [6.07, 6.45) is 4.68. The smallest absolute Gasteiger partial charge is 0.325 e. The summed E-state index contributed by atoms with van der Waals surface area (Å²) in [6.45, 7) is 0.788. The predicted octanol–water partition coefficient (Wildman–Crippen LogP) is 2.01. The first-order chi connectivity index (χ1) is 13.5. The zero-order valence-corrected chi connectivity index (χ0v) is 15.7. The van der Waals surface area contributed by atoms with Crippen LogP contribution in [0.5, 0.6) is 0 Å². The third-order valence-corrected chi connectivity index (χ3v) is 5.80. The lowest BCUT2D eigenvalue weighted by Crippen LogP contribution is -2.44. The van der Waals surface area contributed by atoms with Crippen LogP contribution < -0.4 is 15.5 Å². The third kappa shape index (κ3) is 3.34. The van der Waals surface area contributed by atoms with Gasteiger partial charge in [-0.15, -0.1) is 0 Å². The Morgan fingerprint density at radius 3 is 2.43 bits per heavy atom. The van der Waals surface area contributed by atoms with Crippen molar-refractivity contribution in [2.45, 2.75) is 50.5 Å². The second-order valence-electron chi connectivity index (χ2n) is 7.67. The van der Waals surface area contributed by atoms with Gasteiger partial charge in [-0.05, 0) is 43.5 Å². The molecular weight excluding hydrogens is 360 g/mol. The Hall–Kier alpha value is -2.90. The monoisotopic (exact) mass is 384 g/mol. The summed E-state index contributed by atoms with van der Waals surface area (Å²) in [5, 5.41) is 5.59. The zero-order valence-electron chi connectivity index (χ0n) is 15.7. The van der Waals surface area contributed by atoms with Crippen LogP contribution in [0, 0.1) is 0 Å². The molecule has 2 saturated heterocycles. The Bertz CT molecular complexity index is 814. The molecule has 4 rings (SSSR count). The summed E-state index contributed by atoms with van der Waals surface area (Å²) >= 11 is 0. The van der Waals surface area contributed by atoms with Crippen molar-refractivity contribution in [3.05, 3.63) is 24.3 Å². The topological polar surface area (TPSA) is 98.8 Å². The molecule has 1 aromatic rings. The Morgan fingerprint density at radius 2 is 1.79 bits per heavy atom. The first kappa shape index (κ1) is 18.5. The van der Waals surface area contributed by atoms with Crippen molar-refractivity contribution >= 4 is 35.1 Å². The number of hydrogen-bond donors (Lipinski definition) is 2. The van der Waals surface area contributed by atoms with E-state index in [1.807, 2.05) is 0 Å². The van der Waals surface area contributed by atoms with Gasteiger partial charge in [0.05, 0.1) is 0 Å². The lowest BCUT2D eigenvalue weighted by molar-refractivity contribution is -0.131. The van der Waals surface area contributed by atoms with Gasteiger partial charge in [-0.2, -0.15) is 0 Å². The molecule has 2 heterocycles. The highest BCUT2D eigenvalue weighted by atomic mass is 16.2. The zero-order chi connectivity index (χ0) is 19.7. The molecule has 1 aliphatic carbocycles. The van der Waals surface area contributed by atoms with Crippen LogP contribution in [0.3, 0.4) is 0 Å². The van der Waals surface area contributed by atoms with E-state index in [1.165, 1.54) is 0 Å². The number of carbonyl (C=O) groups excluding carboxylic acids is 4. The molecule has 3 aliphatic rings. The first-order valence-corrected chi connectivity index (χ1v) is 9.83. The van der Waals surface area contributed by atoms with Crippen molar-refractivity contribution in [1.82, 2.24) is 10.2 Å². The average molecular weight is 384 g/mol. The van der Waals surface area contributed by atoms with E-state index in [-0.39, 0.29) is 30.7 Å². The van der Waals surface area contributed by atoms with Gasteiger partial charge >= 0.3 is 6.03 Å². The Labute approximate surface area is 163 Å². The van der Waals surface area contributed by atoms with Gasteiger partial charge in [-0.3, -0.25) is 19.3 Å². The van der Waals surface area contributed by atoms with Crippen LogP contribution in [0.4, 0.5) is 16.2 Å². The van der Waals surface area contributed by atoms with Crippen molar-refractivity contribution in [2.75, 3.05) is 23.3 Å². The summed E-state index contributed by atoms with van der Waals surface area (Å²) < 4.78 is 0. The number of carbonyl (C=O) groups is 4. The number of nitrogens with one attached hydrogen (secondary N) is 2. The fraction of sp³-hybridized carbons (Fsp3) is 0.500. The van der Waals surface area contributed by atoms with E-state index < -0.39 is 11.6 Å². The molecule has 0 aromatic heterocycles. The molecule has 1 spiro atoms. The van der Waals surface area contributed by atoms with Crippen molar-refractivity contribution in [1.29, 1.82) is 0 Å². The Kier molecular flexibility index (Phi) is 4.78. The number of hydrogen-bond acceptors (Lipinski definition) is 4. The highest BCUT2D eigenvalue weighted by Gasteiger charge is 2.52. The van der Waals surface area contributed by atoms with Crippen molar-refractivity contribution in [2.24, 2.45) is 0 Å². The van der Waals surface area contributed by atoms with E-state index in [1.54, 1.807) is 29.2 Å². The molecule has 1 saturated carbocycles. The maximum Gasteiger partial charge on any atom is 0.325 e. The minimum Gasteiger partial charge on any atom is -0.326 e. The minimum absolute atomic E-state index is 0.0433. The number of nitrogens with zero attached hydrogens (tertiary/aromatic N) is 2. The minimum atomic E-state index is -0.740. The first-order valence-electron chi connectivity index (χ1n) is 9.83. The van der Waals surface area contributed by atoms with Crippen molar-refractivity contribution in [3.63, 3.8) is 0 Å². The number of urea groups is 1.